The fraction of sp³-hybridized carbons (Fsp3) is 0.389. The summed E-state index contributed by atoms with van der Waals surface area (Å²) >= 11 is 0. The van der Waals surface area contributed by atoms with Gasteiger partial charge < -0.3 is 9.73 Å². The summed E-state index contributed by atoms with van der Waals surface area (Å²) in [4.78, 5) is 12.0. The van der Waals surface area contributed by atoms with Gasteiger partial charge in [-0.1, -0.05) is 19.1 Å². The molecule has 0 aliphatic carbocycles. The number of nitrogens with one attached hydrogen (secondary N) is 1. The number of sulfone groups is 1. The molecule has 24 heavy (non-hydrogen) atoms. The van der Waals surface area contributed by atoms with Crippen LogP contribution in [0.25, 0.3) is 0 Å². The zero-order chi connectivity index (χ0) is 17.7. The third-order valence-electron chi connectivity index (χ3n) is 3.85. The van der Waals surface area contributed by atoms with Gasteiger partial charge in [-0.05, 0) is 49.6 Å². The molecular weight excluding hydrogens is 326 g/mol. The molecule has 1 heterocycles. The molecule has 0 radical (unpaired) electrons. The van der Waals surface area contributed by atoms with Gasteiger partial charge in [0, 0.05) is 13.0 Å². The van der Waals surface area contributed by atoms with Crippen LogP contribution < -0.4 is 5.32 Å². The number of carbonyl (C=O) groups is 1. The van der Waals surface area contributed by atoms with E-state index in [2.05, 4.69) is 5.32 Å². The quantitative estimate of drug-likeness (QED) is 0.832. The number of hydrogen-bond acceptors (Lipinski definition) is 4. The van der Waals surface area contributed by atoms with Gasteiger partial charge in [0.05, 0.1) is 11.2 Å². The minimum absolute atomic E-state index is 0.0118. The maximum absolute atomic E-state index is 13.2. The molecule has 2 rings (SSSR count). The van der Waals surface area contributed by atoms with E-state index in [0.717, 1.165) is 5.56 Å². The Hall–Kier alpha value is -2.08. The highest BCUT2D eigenvalue weighted by Gasteiger charge is 2.32. The van der Waals surface area contributed by atoms with Crippen LogP contribution in [0.15, 0.2) is 45.9 Å². The molecule has 1 amide bonds. The maximum atomic E-state index is 13.2. The first-order chi connectivity index (χ1) is 11.4. The van der Waals surface area contributed by atoms with Crippen LogP contribution in [0.4, 0.5) is 0 Å². The van der Waals surface area contributed by atoms with Crippen molar-refractivity contribution in [2.75, 3.05) is 6.54 Å². The van der Waals surface area contributed by atoms with Crippen molar-refractivity contribution in [3.63, 3.8) is 0 Å². The van der Waals surface area contributed by atoms with Gasteiger partial charge in [-0.15, -0.1) is 0 Å². The Morgan fingerprint density at radius 3 is 2.62 bits per heavy atom. The van der Waals surface area contributed by atoms with Gasteiger partial charge in [0.1, 0.15) is 11.0 Å². The Kier molecular flexibility index (Phi) is 5.83. The molecule has 130 valence electrons. The second-order valence-corrected chi connectivity index (χ2v) is 7.97. The number of amides is 1. The van der Waals surface area contributed by atoms with Crippen molar-refractivity contribution in [2.24, 2.45) is 0 Å². The van der Waals surface area contributed by atoms with E-state index in [4.69, 9.17) is 4.42 Å². The molecule has 0 bridgehead atoms. The van der Waals surface area contributed by atoms with Crippen LogP contribution in [-0.4, -0.2) is 20.9 Å². The van der Waals surface area contributed by atoms with E-state index in [1.54, 1.807) is 31.2 Å². The predicted octanol–water partition coefficient (Wildman–Crippen LogP) is 3.33. The first kappa shape index (κ1) is 18.3. The highest BCUT2D eigenvalue weighted by atomic mass is 32.2. The third-order valence-corrected chi connectivity index (χ3v) is 6.05. The highest BCUT2D eigenvalue weighted by Crippen LogP contribution is 2.31. The van der Waals surface area contributed by atoms with Crippen LogP contribution in [0.1, 0.15) is 41.9 Å². The van der Waals surface area contributed by atoms with E-state index in [9.17, 15) is 13.2 Å². The lowest BCUT2D eigenvalue weighted by Gasteiger charge is -2.18. The fourth-order valence-electron chi connectivity index (χ4n) is 2.53. The van der Waals surface area contributed by atoms with Crippen molar-refractivity contribution in [2.45, 2.75) is 43.8 Å². The molecule has 5 nitrogen and oxygen atoms in total. The Morgan fingerprint density at radius 2 is 2.00 bits per heavy atom. The number of carbonyl (C=O) groups excluding carboxylic acids is 1. The van der Waals surface area contributed by atoms with Crippen molar-refractivity contribution >= 4 is 15.7 Å². The SMILES string of the molecule is CCCC(=O)NC[C@@H](c1ccco1)S(=O)(=O)c1cc(C)ccc1C. The Morgan fingerprint density at radius 1 is 1.25 bits per heavy atom. The first-order valence-electron chi connectivity index (χ1n) is 7.97. The topological polar surface area (TPSA) is 76.4 Å². The molecule has 6 heteroatoms. The Bertz CT molecular complexity index is 794. The lowest BCUT2D eigenvalue weighted by molar-refractivity contribution is -0.121. The lowest BCUT2D eigenvalue weighted by Crippen LogP contribution is -2.31. The summed E-state index contributed by atoms with van der Waals surface area (Å²) in [5.74, 6) is 0.165. The molecule has 0 spiro atoms. The summed E-state index contributed by atoms with van der Waals surface area (Å²) in [6.07, 6.45) is 2.52. The molecule has 1 atom stereocenters. The van der Waals surface area contributed by atoms with E-state index in [0.29, 0.717) is 24.2 Å². The van der Waals surface area contributed by atoms with Gasteiger partial charge in [-0.25, -0.2) is 8.42 Å². The van der Waals surface area contributed by atoms with Crippen LogP contribution in [0.3, 0.4) is 0 Å². The zero-order valence-corrected chi connectivity index (χ0v) is 15.0. The molecule has 1 aromatic carbocycles. The van der Waals surface area contributed by atoms with Gasteiger partial charge in [0.25, 0.3) is 0 Å². The monoisotopic (exact) mass is 349 g/mol. The minimum atomic E-state index is -3.70. The highest BCUT2D eigenvalue weighted by molar-refractivity contribution is 7.91. The van der Waals surface area contributed by atoms with Crippen molar-refractivity contribution in [3.05, 3.63) is 53.5 Å². The van der Waals surface area contributed by atoms with Crippen molar-refractivity contribution in [1.82, 2.24) is 5.32 Å². The molecule has 2 aromatic rings. The molecule has 0 unspecified atom stereocenters. The lowest BCUT2D eigenvalue weighted by atomic mass is 10.2. The normalized spacial score (nSPS) is 12.8. The van der Waals surface area contributed by atoms with Gasteiger partial charge >= 0.3 is 0 Å². The Labute approximate surface area is 143 Å². The summed E-state index contributed by atoms with van der Waals surface area (Å²) in [6, 6.07) is 8.60. The molecule has 0 saturated heterocycles. The molecule has 0 fully saturated rings. The van der Waals surface area contributed by atoms with Gasteiger partial charge in [-0.2, -0.15) is 0 Å². The number of benzene rings is 1. The third kappa shape index (κ3) is 4.06. The minimum Gasteiger partial charge on any atom is -0.468 e. The fourth-order valence-corrected chi connectivity index (χ4v) is 4.44. The van der Waals surface area contributed by atoms with Crippen LogP contribution in [0, 0.1) is 13.8 Å². The van der Waals surface area contributed by atoms with Crippen molar-refractivity contribution in [1.29, 1.82) is 0 Å². The summed E-state index contributed by atoms with van der Waals surface area (Å²) in [5.41, 5.74) is 1.55. The van der Waals surface area contributed by atoms with E-state index < -0.39 is 15.1 Å². The van der Waals surface area contributed by atoms with Crippen LogP contribution in [0.2, 0.25) is 0 Å². The standard InChI is InChI=1S/C18H23NO4S/c1-4-6-18(20)19-12-17(15-7-5-10-23-15)24(21,22)16-11-13(2)8-9-14(16)3/h5,7-11,17H,4,6,12H2,1-3H3,(H,19,20)/t17-/m0/s1. The molecule has 0 aliphatic rings. The molecule has 0 aliphatic heterocycles. The number of furan rings is 1. The second-order valence-electron chi connectivity index (χ2n) is 5.87. The van der Waals surface area contributed by atoms with Crippen molar-refractivity contribution in [3.8, 4) is 0 Å². The van der Waals surface area contributed by atoms with Crippen molar-refractivity contribution < 1.29 is 17.6 Å². The summed E-state index contributed by atoms with van der Waals surface area (Å²) < 4.78 is 31.7. The molecular formula is C18H23NO4S. The molecule has 0 saturated carbocycles. The number of aryl methyl sites for hydroxylation is 2. The summed E-state index contributed by atoms with van der Waals surface area (Å²) in [6.45, 7) is 5.50. The van der Waals surface area contributed by atoms with Crippen LogP contribution in [0.5, 0.6) is 0 Å². The summed E-state index contributed by atoms with van der Waals surface area (Å²) in [5, 5.41) is 1.75. The second kappa shape index (κ2) is 7.66. The van der Waals surface area contributed by atoms with Gasteiger partial charge in [0.15, 0.2) is 9.84 Å². The van der Waals surface area contributed by atoms with E-state index in [1.165, 1.54) is 6.26 Å². The van der Waals surface area contributed by atoms with Crippen LogP contribution >= 0.6 is 0 Å². The molecule has 1 N–H and O–H groups in total. The molecule has 1 aromatic heterocycles. The number of rotatable bonds is 7. The average Bonchev–Trinajstić information content (AvgIpc) is 3.04. The smallest absolute Gasteiger partial charge is 0.220 e. The first-order valence-corrected chi connectivity index (χ1v) is 9.52. The largest absolute Gasteiger partial charge is 0.468 e. The van der Waals surface area contributed by atoms with Crippen LogP contribution in [-0.2, 0) is 14.6 Å². The predicted molar refractivity (Wildman–Crippen MR) is 92.5 cm³/mol. The summed E-state index contributed by atoms with van der Waals surface area (Å²) in [7, 11) is -3.70. The van der Waals surface area contributed by atoms with E-state index >= 15 is 0 Å². The average molecular weight is 349 g/mol. The van der Waals surface area contributed by atoms with E-state index in [1.807, 2.05) is 19.9 Å². The number of hydrogen-bond donors (Lipinski definition) is 1. The maximum Gasteiger partial charge on any atom is 0.220 e. The zero-order valence-electron chi connectivity index (χ0n) is 14.2. The van der Waals surface area contributed by atoms with Gasteiger partial charge in [-0.3, -0.25) is 4.79 Å². The van der Waals surface area contributed by atoms with E-state index in [-0.39, 0.29) is 17.3 Å². The van der Waals surface area contributed by atoms with Gasteiger partial charge in [0.2, 0.25) is 5.91 Å². The Balaban J connectivity index is 2.39.